The molecule has 0 N–H and O–H groups in total. The van der Waals surface area contributed by atoms with Gasteiger partial charge in [-0.15, -0.1) is 0 Å². The molecule has 2 aliphatic rings. The topological polar surface area (TPSA) is 12.9 Å². The number of aromatic nitrogens is 1. The molecular weight excluding hydrogens is 434 g/mol. The van der Waals surface area contributed by atoms with Crippen LogP contribution in [0.15, 0.2) is 103 Å². The molecule has 0 saturated heterocycles. The van der Waals surface area contributed by atoms with Crippen molar-refractivity contribution in [1.82, 2.24) is 4.98 Å². The van der Waals surface area contributed by atoms with E-state index in [4.69, 9.17) is 0 Å². The minimum Gasteiger partial charge on any atom is -0.256 e. The van der Waals surface area contributed by atoms with E-state index >= 15 is 0 Å². The zero-order valence-electron chi connectivity index (χ0n) is 21.3. The summed E-state index contributed by atoms with van der Waals surface area (Å²) in [6.07, 6.45) is 1.87. The monoisotopic (exact) mass is 463 g/mol. The Morgan fingerprint density at radius 1 is 0.444 bits per heavy atom. The van der Waals surface area contributed by atoms with Gasteiger partial charge in [-0.1, -0.05) is 94.4 Å². The van der Waals surface area contributed by atoms with E-state index < -0.39 is 0 Å². The summed E-state index contributed by atoms with van der Waals surface area (Å²) in [6, 6.07) is 35.9. The standard InChI is InChI=1S/C35H29N/c1-34(2)29-10-6-5-9-25(29)26-15-12-22(19-30(26)34)23-13-16-27-28-17-14-24(33-11-7-8-18-36-33)21-32(28)35(3,4)31(27)20-23/h5-21H,1-4H3. The van der Waals surface area contributed by atoms with Crippen LogP contribution in [0.4, 0.5) is 0 Å². The normalized spacial score (nSPS) is 15.7. The Kier molecular flexibility index (Phi) is 4.31. The van der Waals surface area contributed by atoms with Crippen molar-refractivity contribution in [2.75, 3.05) is 0 Å². The third-order valence-electron chi connectivity index (χ3n) is 8.55. The van der Waals surface area contributed by atoms with Crippen molar-refractivity contribution in [3.8, 4) is 44.6 Å². The van der Waals surface area contributed by atoms with Gasteiger partial charge in [-0.2, -0.15) is 0 Å². The Morgan fingerprint density at radius 2 is 0.917 bits per heavy atom. The van der Waals surface area contributed by atoms with Crippen molar-refractivity contribution in [2.45, 2.75) is 38.5 Å². The molecule has 0 spiro atoms. The second-order valence-corrected chi connectivity index (χ2v) is 11.3. The average Bonchev–Trinajstić information content (AvgIpc) is 3.28. The van der Waals surface area contributed by atoms with Gasteiger partial charge in [0.05, 0.1) is 5.69 Å². The molecule has 0 atom stereocenters. The second-order valence-electron chi connectivity index (χ2n) is 11.3. The molecular formula is C35H29N. The minimum atomic E-state index is -0.0717. The van der Waals surface area contributed by atoms with Gasteiger partial charge in [0, 0.05) is 22.6 Å². The number of rotatable bonds is 2. The van der Waals surface area contributed by atoms with Crippen LogP contribution in [0, 0.1) is 0 Å². The summed E-state index contributed by atoms with van der Waals surface area (Å²) in [5.41, 5.74) is 15.8. The van der Waals surface area contributed by atoms with Crippen LogP contribution in [0.2, 0.25) is 0 Å². The number of nitrogens with zero attached hydrogens (tertiary/aromatic N) is 1. The average molecular weight is 464 g/mol. The van der Waals surface area contributed by atoms with E-state index in [1.165, 1.54) is 61.2 Å². The van der Waals surface area contributed by atoms with E-state index in [1.807, 2.05) is 12.3 Å². The third-order valence-corrected chi connectivity index (χ3v) is 8.55. The van der Waals surface area contributed by atoms with Crippen LogP contribution in [0.1, 0.15) is 49.9 Å². The molecule has 4 aromatic carbocycles. The lowest BCUT2D eigenvalue weighted by atomic mass is 9.80. The fourth-order valence-corrected chi connectivity index (χ4v) is 6.49. The van der Waals surface area contributed by atoms with Crippen LogP contribution < -0.4 is 0 Å². The van der Waals surface area contributed by atoms with Gasteiger partial charge in [0.2, 0.25) is 0 Å². The lowest BCUT2D eigenvalue weighted by Gasteiger charge is -2.23. The van der Waals surface area contributed by atoms with Crippen LogP contribution in [0.5, 0.6) is 0 Å². The van der Waals surface area contributed by atoms with Crippen LogP contribution in [-0.2, 0) is 10.8 Å². The fraction of sp³-hybridized carbons (Fsp3) is 0.171. The van der Waals surface area contributed by atoms with Gasteiger partial charge < -0.3 is 0 Å². The maximum Gasteiger partial charge on any atom is 0.0702 e. The maximum atomic E-state index is 4.58. The van der Waals surface area contributed by atoms with Crippen molar-refractivity contribution in [3.05, 3.63) is 126 Å². The Labute approximate surface area is 213 Å². The highest BCUT2D eigenvalue weighted by atomic mass is 14.7. The summed E-state index contributed by atoms with van der Waals surface area (Å²) in [5.74, 6) is 0. The quantitative estimate of drug-likeness (QED) is 0.254. The Hall–Kier alpha value is -3.97. The molecule has 5 aromatic rings. The molecule has 0 bridgehead atoms. The summed E-state index contributed by atoms with van der Waals surface area (Å²) in [4.78, 5) is 4.58. The highest BCUT2D eigenvalue weighted by molar-refractivity contribution is 5.87. The molecule has 1 aromatic heterocycles. The van der Waals surface area contributed by atoms with E-state index in [9.17, 15) is 0 Å². The molecule has 1 nitrogen and oxygen atoms in total. The Bertz CT molecular complexity index is 1670. The van der Waals surface area contributed by atoms with E-state index in [0.717, 1.165) is 5.69 Å². The first kappa shape index (κ1) is 21.3. The van der Waals surface area contributed by atoms with Crippen molar-refractivity contribution >= 4 is 0 Å². The predicted molar refractivity (Wildman–Crippen MR) is 150 cm³/mol. The molecule has 174 valence electrons. The molecule has 1 heterocycles. The zero-order valence-corrected chi connectivity index (χ0v) is 21.3. The van der Waals surface area contributed by atoms with Gasteiger partial charge in [-0.25, -0.2) is 0 Å². The molecule has 0 amide bonds. The Morgan fingerprint density at radius 3 is 1.50 bits per heavy atom. The van der Waals surface area contributed by atoms with E-state index in [-0.39, 0.29) is 10.8 Å². The van der Waals surface area contributed by atoms with Gasteiger partial charge in [0.1, 0.15) is 0 Å². The number of benzene rings is 4. The number of hydrogen-bond donors (Lipinski definition) is 0. The highest BCUT2D eigenvalue weighted by Gasteiger charge is 2.37. The predicted octanol–water partition coefficient (Wildman–Crippen LogP) is 9.03. The molecule has 1 heteroatoms. The summed E-state index contributed by atoms with van der Waals surface area (Å²) < 4.78 is 0. The van der Waals surface area contributed by atoms with Crippen molar-refractivity contribution < 1.29 is 0 Å². The molecule has 0 unspecified atom stereocenters. The molecule has 7 rings (SSSR count). The molecule has 0 radical (unpaired) electrons. The molecule has 2 aliphatic carbocycles. The van der Waals surface area contributed by atoms with Crippen molar-refractivity contribution in [1.29, 1.82) is 0 Å². The van der Waals surface area contributed by atoms with Crippen LogP contribution in [-0.4, -0.2) is 4.98 Å². The lowest BCUT2D eigenvalue weighted by molar-refractivity contribution is 0.659. The van der Waals surface area contributed by atoms with Crippen LogP contribution in [0.25, 0.3) is 44.6 Å². The lowest BCUT2D eigenvalue weighted by Crippen LogP contribution is -2.15. The van der Waals surface area contributed by atoms with Crippen molar-refractivity contribution in [3.63, 3.8) is 0 Å². The molecule has 0 fully saturated rings. The first-order valence-electron chi connectivity index (χ1n) is 12.8. The summed E-state index contributed by atoms with van der Waals surface area (Å²) in [6.45, 7) is 9.41. The van der Waals surface area contributed by atoms with Crippen LogP contribution in [0.3, 0.4) is 0 Å². The van der Waals surface area contributed by atoms with Gasteiger partial charge in [-0.3, -0.25) is 4.98 Å². The summed E-state index contributed by atoms with van der Waals surface area (Å²) >= 11 is 0. The first-order valence-corrected chi connectivity index (χ1v) is 12.8. The number of fused-ring (bicyclic) bond motifs is 6. The number of hydrogen-bond acceptors (Lipinski definition) is 1. The second kappa shape index (κ2) is 7.27. The maximum absolute atomic E-state index is 4.58. The molecule has 36 heavy (non-hydrogen) atoms. The SMILES string of the molecule is CC1(C)c2ccccc2-c2ccc(-c3ccc4c(c3)C(C)(C)c3cc(-c5ccccn5)ccc3-4)cc21. The first-order chi connectivity index (χ1) is 17.4. The fourth-order valence-electron chi connectivity index (χ4n) is 6.49. The highest BCUT2D eigenvalue weighted by Crippen LogP contribution is 2.52. The largest absolute Gasteiger partial charge is 0.256 e. The summed E-state index contributed by atoms with van der Waals surface area (Å²) in [7, 11) is 0. The summed E-state index contributed by atoms with van der Waals surface area (Å²) in [5, 5.41) is 0. The molecule has 0 aliphatic heterocycles. The Balaban J connectivity index is 1.32. The third kappa shape index (κ3) is 2.86. The van der Waals surface area contributed by atoms with E-state index in [2.05, 4.69) is 124 Å². The van der Waals surface area contributed by atoms with Gasteiger partial charge >= 0.3 is 0 Å². The van der Waals surface area contributed by atoms with Crippen molar-refractivity contribution in [2.24, 2.45) is 0 Å². The zero-order chi connectivity index (χ0) is 24.7. The number of pyridine rings is 1. The van der Waals surface area contributed by atoms with E-state index in [0.29, 0.717) is 0 Å². The van der Waals surface area contributed by atoms with Gasteiger partial charge in [-0.05, 0) is 86.0 Å². The van der Waals surface area contributed by atoms with Gasteiger partial charge in [0.15, 0.2) is 0 Å². The molecule has 0 saturated carbocycles. The van der Waals surface area contributed by atoms with E-state index in [1.54, 1.807) is 0 Å². The van der Waals surface area contributed by atoms with Crippen LogP contribution >= 0.6 is 0 Å². The van der Waals surface area contributed by atoms with Gasteiger partial charge in [0.25, 0.3) is 0 Å². The smallest absolute Gasteiger partial charge is 0.0702 e. The minimum absolute atomic E-state index is 0.00997.